The van der Waals surface area contributed by atoms with Gasteiger partial charge < -0.3 is 0 Å². The van der Waals surface area contributed by atoms with Gasteiger partial charge in [0.2, 0.25) is 5.37 Å². The number of halogens is 3. The number of thioether (sulfide) groups is 1. The molecule has 1 atom stereocenters. The molecule has 0 amide bonds. The van der Waals surface area contributed by atoms with Gasteiger partial charge in [0.25, 0.3) is 0 Å². The zero-order valence-electron chi connectivity index (χ0n) is 6.86. The summed E-state index contributed by atoms with van der Waals surface area (Å²) in [5.41, 5.74) is 0. The molecular weight excluding hydrogens is 215 g/mol. The molecule has 0 aliphatic heterocycles. The molecule has 0 fully saturated rings. The lowest BCUT2D eigenvalue weighted by Gasteiger charge is -2.11. The second-order valence-electron chi connectivity index (χ2n) is 2.43. The Bertz CT molecular complexity index is 301. The van der Waals surface area contributed by atoms with Crippen LogP contribution in [-0.2, 0) is 0 Å². The molecule has 14 heavy (non-hydrogen) atoms. The largest absolute Gasteiger partial charge is 0.424 e. The zero-order valence-corrected chi connectivity index (χ0v) is 7.68. The highest BCUT2D eigenvalue weighted by Gasteiger charge is 2.42. The van der Waals surface area contributed by atoms with Crippen molar-refractivity contribution in [2.45, 2.75) is 16.4 Å². The lowest BCUT2D eigenvalue weighted by atomic mass is 10.4. The quantitative estimate of drug-likeness (QED) is 0.578. The van der Waals surface area contributed by atoms with Crippen LogP contribution in [0.3, 0.4) is 0 Å². The summed E-state index contributed by atoms with van der Waals surface area (Å²) in [6.45, 7) is 0. The van der Waals surface area contributed by atoms with Crippen LogP contribution in [0.25, 0.3) is 0 Å². The molecule has 1 rings (SSSR count). The first-order valence-corrected chi connectivity index (χ1v) is 4.53. The first kappa shape index (κ1) is 11.0. The SMILES string of the molecule is O=NC(Sc1ccccc1)C(F)(F)F. The lowest BCUT2D eigenvalue weighted by molar-refractivity contribution is -0.127. The van der Waals surface area contributed by atoms with Crippen molar-refractivity contribution in [3.63, 3.8) is 0 Å². The minimum absolute atomic E-state index is 0.370. The van der Waals surface area contributed by atoms with E-state index in [-0.39, 0.29) is 0 Å². The fraction of sp³-hybridized carbons (Fsp3) is 0.250. The molecule has 0 spiro atoms. The number of nitroso groups, excluding NO2 is 1. The molecule has 6 heteroatoms. The second kappa shape index (κ2) is 4.45. The minimum atomic E-state index is -4.59. The van der Waals surface area contributed by atoms with E-state index in [0.717, 1.165) is 0 Å². The smallest absolute Gasteiger partial charge is 0.168 e. The van der Waals surface area contributed by atoms with E-state index in [1.165, 1.54) is 12.1 Å². The molecule has 0 aromatic heterocycles. The second-order valence-corrected chi connectivity index (χ2v) is 3.58. The van der Waals surface area contributed by atoms with Gasteiger partial charge in [-0.25, -0.2) is 0 Å². The van der Waals surface area contributed by atoms with Gasteiger partial charge in [-0.05, 0) is 17.3 Å². The summed E-state index contributed by atoms with van der Waals surface area (Å²) in [4.78, 5) is 10.3. The third-order valence-electron chi connectivity index (χ3n) is 1.37. The fourth-order valence-corrected chi connectivity index (χ4v) is 1.52. The summed E-state index contributed by atoms with van der Waals surface area (Å²) in [7, 11) is 0. The molecule has 1 aromatic rings. The van der Waals surface area contributed by atoms with Gasteiger partial charge >= 0.3 is 6.18 Å². The molecule has 0 radical (unpaired) electrons. The fourth-order valence-electron chi connectivity index (χ4n) is 0.776. The molecule has 0 saturated heterocycles. The topological polar surface area (TPSA) is 29.4 Å². The van der Waals surface area contributed by atoms with Crippen molar-refractivity contribution in [1.29, 1.82) is 0 Å². The van der Waals surface area contributed by atoms with Gasteiger partial charge in [0, 0.05) is 4.90 Å². The summed E-state index contributed by atoms with van der Waals surface area (Å²) in [5.74, 6) is 0. The van der Waals surface area contributed by atoms with Gasteiger partial charge in [-0.2, -0.15) is 13.2 Å². The molecule has 76 valence electrons. The number of nitrogens with zero attached hydrogens (tertiary/aromatic N) is 1. The summed E-state index contributed by atoms with van der Waals surface area (Å²) in [5, 5.41) is -0.189. The standard InChI is InChI=1S/C8H6F3NOS/c9-8(10,11)7(12-13)14-6-4-2-1-3-5-6/h1-5,7H. The van der Waals surface area contributed by atoms with Crippen LogP contribution in [0.1, 0.15) is 0 Å². The minimum Gasteiger partial charge on any atom is -0.168 e. The van der Waals surface area contributed by atoms with E-state index in [2.05, 4.69) is 0 Å². The van der Waals surface area contributed by atoms with Gasteiger partial charge in [-0.3, -0.25) is 0 Å². The number of rotatable bonds is 3. The molecule has 0 heterocycles. The van der Waals surface area contributed by atoms with Crippen LogP contribution in [0.2, 0.25) is 0 Å². The summed E-state index contributed by atoms with van der Waals surface area (Å²) >= 11 is 0.391. The summed E-state index contributed by atoms with van der Waals surface area (Å²) in [6.07, 6.45) is -4.59. The molecule has 2 nitrogen and oxygen atoms in total. The highest BCUT2D eigenvalue weighted by atomic mass is 32.2. The Labute approximate surface area is 82.5 Å². The Morgan fingerprint density at radius 2 is 1.79 bits per heavy atom. The third-order valence-corrected chi connectivity index (χ3v) is 2.49. The van der Waals surface area contributed by atoms with Crippen LogP contribution in [-0.4, -0.2) is 11.6 Å². The maximum atomic E-state index is 12.1. The molecular formula is C8H6F3NOS. The van der Waals surface area contributed by atoms with Crippen molar-refractivity contribution in [3.05, 3.63) is 35.2 Å². The van der Waals surface area contributed by atoms with Crippen LogP contribution in [0, 0.1) is 4.91 Å². The van der Waals surface area contributed by atoms with E-state index in [4.69, 9.17) is 0 Å². The summed E-state index contributed by atoms with van der Waals surface area (Å²) < 4.78 is 36.3. The van der Waals surface area contributed by atoms with Crippen LogP contribution in [0.4, 0.5) is 13.2 Å². The Balaban J connectivity index is 2.72. The first-order valence-electron chi connectivity index (χ1n) is 3.65. The maximum absolute atomic E-state index is 12.1. The van der Waals surface area contributed by atoms with Crippen LogP contribution < -0.4 is 0 Å². The van der Waals surface area contributed by atoms with Crippen LogP contribution >= 0.6 is 11.8 Å². The van der Waals surface area contributed by atoms with Gasteiger partial charge in [0.15, 0.2) is 0 Å². The number of alkyl halides is 3. The van der Waals surface area contributed by atoms with Crippen molar-refractivity contribution >= 4 is 11.8 Å². The lowest BCUT2D eigenvalue weighted by Crippen LogP contribution is -2.22. The molecule has 0 aliphatic rings. The molecule has 0 aliphatic carbocycles. The van der Waals surface area contributed by atoms with Crippen LogP contribution in [0.5, 0.6) is 0 Å². The number of benzene rings is 1. The van der Waals surface area contributed by atoms with Crippen molar-refractivity contribution in [3.8, 4) is 0 Å². The maximum Gasteiger partial charge on any atom is 0.424 e. The number of hydrogen-bond donors (Lipinski definition) is 0. The van der Waals surface area contributed by atoms with Gasteiger partial charge in [0.05, 0.1) is 0 Å². The Kier molecular flexibility index (Phi) is 3.51. The Hall–Kier alpha value is -1.04. The van der Waals surface area contributed by atoms with Crippen molar-refractivity contribution in [2.75, 3.05) is 0 Å². The monoisotopic (exact) mass is 221 g/mol. The Morgan fingerprint density at radius 3 is 2.21 bits per heavy atom. The van der Waals surface area contributed by atoms with Crippen molar-refractivity contribution in [2.24, 2.45) is 5.18 Å². The molecule has 0 bridgehead atoms. The highest BCUT2D eigenvalue weighted by molar-refractivity contribution is 8.00. The van der Waals surface area contributed by atoms with Crippen LogP contribution in [0.15, 0.2) is 40.4 Å². The third kappa shape index (κ3) is 3.02. The average molecular weight is 221 g/mol. The highest BCUT2D eigenvalue weighted by Crippen LogP contribution is 2.35. The first-order chi connectivity index (χ1) is 6.54. The van der Waals surface area contributed by atoms with E-state index in [1.54, 1.807) is 18.2 Å². The molecule has 1 unspecified atom stereocenters. The molecule has 1 aromatic carbocycles. The van der Waals surface area contributed by atoms with E-state index >= 15 is 0 Å². The van der Waals surface area contributed by atoms with Crippen molar-refractivity contribution in [1.82, 2.24) is 0 Å². The van der Waals surface area contributed by atoms with Gasteiger partial charge in [-0.15, -0.1) is 4.91 Å². The predicted octanol–water partition coefficient (Wildman–Crippen LogP) is 3.43. The van der Waals surface area contributed by atoms with E-state index in [0.29, 0.717) is 16.7 Å². The zero-order chi connectivity index (χ0) is 10.6. The van der Waals surface area contributed by atoms with E-state index < -0.39 is 11.6 Å². The molecule has 0 saturated carbocycles. The van der Waals surface area contributed by atoms with E-state index in [1.807, 2.05) is 5.18 Å². The predicted molar refractivity (Wildman–Crippen MR) is 47.9 cm³/mol. The molecule has 0 N–H and O–H groups in total. The van der Waals surface area contributed by atoms with Crippen molar-refractivity contribution < 1.29 is 13.2 Å². The van der Waals surface area contributed by atoms with E-state index in [9.17, 15) is 18.1 Å². The average Bonchev–Trinajstić information content (AvgIpc) is 2.14. The number of hydrogen-bond acceptors (Lipinski definition) is 3. The normalized spacial score (nSPS) is 13.6. The van der Waals surface area contributed by atoms with Gasteiger partial charge in [-0.1, -0.05) is 30.0 Å². The van der Waals surface area contributed by atoms with Gasteiger partial charge in [0.1, 0.15) is 0 Å². The Morgan fingerprint density at radius 1 is 1.21 bits per heavy atom. The summed E-state index contributed by atoms with van der Waals surface area (Å²) in [6, 6.07) is 7.87.